The van der Waals surface area contributed by atoms with Gasteiger partial charge in [-0.05, 0) is 29.4 Å². The van der Waals surface area contributed by atoms with Gasteiger partial charge in [-0.3, -0.25) is 9.98 Å². The Hall–Kier alpha value is -3.26. The van der Waals surface area contributed by atoms with E-state index in [2.05, 4.69) is 49.4 Å². The molecule has 0 spiro atoms. The highest BCUT2D eigenvalue weighted by molar-refractivity contribution is 6.10. The zero-order chi connectivity index (χ0) is 18.7. The molecule has 1 rings (SSSR count). The molecule has 0 radical (unpaired) electrons. The fourth-order valence-electron chi connectivity index (χ4n) is 2.16. The van der Waals surface area contributed by atoms with E-state index in [1.54, 1.807) is 30.4 Å². The Morgan fingerprint density at radius 3 is 2.24 bits per heavy atom. The van der Waals surface area contributed by atoms with Crippen molar-refractivity contribution in [1.29, 1.82) is 0 Å². The molecule has 0 aliphatic carbocycles. The van der Waals surface area contributed by atoms with Crippen LogP contribution in [0.2, 0.25) is 0 Å². The monoisotopic (exact) mass is 328 g/mol. The van der Waals surface area contributed by atoms with E-state index in [1.165, 1.54) is 0 Å². The van der Waals surface area contributed by atoms with E-state index in [-0.39, 0.29) is 0 Å². The number of aliphatic imine (C=N–C) groups is 1. The number of nitrogens with zero attached hydrogens (tertiary/aromatic N) is 2. The topological polar surface area (TPSA) is 25.2 Å². The first-order valence-electron chi connectivity index (χ1n) is 7.85. The number of pyridine rings is 1. The standard InChI is InChI=1S/C23H24N2/c1-7-13-19(9-3)22(11-5)24-18(6)17-21-15-12-16-23(25-21)20(10-4)14-8-2/h7-16H,1-6,17H2. The maximum Gasteiger partial charge on any atom is 0.0705 e. The summed E-state index contributed by atoms with van der Waals surface area (Å²) in [6.45, 7) is 22.8. The van der Waals surface area contributed by atoms with Gasteiger partial charge in [0.05, 0.1) is 11.4 Å². The Kier molecular flexibility index (Phi) is 8.31. The molecule has 1 aromatic rings. The molecule has 0 bridgehead atoms. The van der Waals surface area contributed by atoms with Gasteiger partial charge in [-0.2, -0.15) is 0 Å². The minimum absolute atomic E-state index is 0.530. The third kappa shape index (κ3) is 6.04. The van der Waals surface area contributed by atoms with Gasteiger partial charge in [-0.1, -0.05) is 82.0 Å². The zero-order valence-electron chi connectivity index (χ0n) is 14.6. The molecular weight excluding hydrogens is 304 g/mol. The second-order valence-electron chi connectivity index (χ2n) is 5.08. The number of aromatic nitrogens is 1. The molecule has 0 N–H and O–H groups in total. The highest BCUT2D eigenvalue weighted by Crippen LogP contribution is 2.16. The first-order chi connectivity index (χ1) is 12.1. The predicted octanol–water partition coefficient (Wildman–Crippen LogP) is 5.82. The van der Waals surface area contributed by atoms with E-state index in [9.17, 15) is 0 Å². The van der Waals surface area contributed by atoms with Crippen molar-refractivity contribution in [1.82, 2.24) is 4.98 Å². The van der Waals surface area contributed by atoms with E-state index < -0.39 is 0 Å². The molecule has 25 heavy (non-hydrogen) atoms. The van der Waals surface area contributed by atoms with Gasteiger partial charge in [-0.25, -0.2) is 0 Å². The Morgan fingerprint density at radius 2 is 1.68 bits per heavy atom. The summed E-state index contributed by atoms with van der Waals surface area (Å²) in [4.78, 5) is 9.18. The quantitative estimate of drug-likeness (QED) is 0.392. The number of rotatable bonds is 10. The van der Waals surface area contributed by atoms with Crippen LogP contribution in [-0.2, 0) is 6.42 Å². The smallest absolute Gasteiger partial charge is 0.0705 e. The van der Waals surface area contributed by atoms with Crippen LogP contribution in [0, 0.1) is 0 Å². The molecule has 1 aromatic heterocycles. The number of hydrogen-bond acceptors (Lipinski definition) is 2. The normalized spacial score (nSPS) is 12.2. The summed E-state index contributed by atoms with van der Waals surface area (Å²) in [5.74, 6) is 0. The summed E-state index contributed by atoms with van der Waals surface area (Å²) in [6.07, 6.45) is 12.8. The first-order valence-corrected chi connectivity index (χ1v) is 7.85. The highest BCUT2D eigenvalue weighted by Gasteiger charge is 2.04. The Bertz CT molecular complexity index is 786. The van der Waals surface area contributed by atoms with Crippen molar-refractivity contribution in [3.8, 4) is 0 Å². The van der Waals surface area contributed by atoms with Gasteiger partial charge in [-0.15, -0.1) is 0 Å². The largest absolute Gasteiger partial charge is 0.253 e. The molecule has 0 amide bonds. The molecule has 0 saturated heterocycles. The minimum Gasteiger partial charge on any atom is -0.253 e. The van der Waals surface area contributed by atoms with Crippen LogP contribution in [0.25, 0.3) is 5.57 Å². The van der Waals surface area contributed by atoms with Crippen molar-refractivity contribution in [2.24, 2.45) is 4.99 Å². The van der Waals surface area contributed by atoms with Gasteiger partial charge < -0.3 is 0 Å². The van der Waals surface area contributed by atoms with Crippen LogP contribution in [-0.4, -0.2) is 10.7 Å². The molecular formula is C23H24N2. The summed E-state index contributed by atoms with van der Waals surface area (Å²) in [5.41, 5.74) is 4.86. The zero-order valence-corrected chi connectivity index (χ0v) is 14.6. The second-order valence-corrected chi connectivity index (χ2v) is 5.08. The average molecular weight is 328 g/mol. The van der Waals surface area contributed by atoms with Gasteiger partial charge in [0.25, 0.3) is 0 Å². The van der Waals surface area contributed by atoms with Crippen molar-refractivity contribution in [3.63, 3.8) is 0 Å². The van der Waals surface area contributed by atoms with E-state index in [1.807, 2.05) is 30.4 Å². The number of hydrogen-bond donors (Lipinski definition) is 0. The fourth-order valence-corrected chi connectivity index (χ4v) is 2.16. The lowest BCUT2D eigenvalue weighted by Crippen LogP contribution is -2.00. The van der Waals surface area contributed by atoms with Crippen LogP contribution in [0.15, 0.2) is 116 Å². The van der Waals surface area contributed by atoms with Crippen LogP contribution >= 0.6 is 0 Å². The van der Waals surface area contributed by atoms with Crippen LogP contribution < -0.4 is 0 Å². The van der Waals surface area contributed by atoms with Crippen LogP contribution in [0.5, 0.6) is 0 Å². The van der Waals surface area contributed by atoms with E-state index in [0.717, 1.165) is 22.5 Å². The molecule has 0 aliphatic heterocycles. The summed E-state index contributed by atoms with van der Waals surface area (Å²) >= 11 is 0. The fraction of sp³-hybridized carbons (Fsp3) is 0.0435. The SMILES string of the molecule is C=CC=C(C=C)C(C=C)=NC(=C)Cc1cccc(C(C=C)=CC=C)n1. The molecule has 0 unspecified atom stereocenters. The van der Waals surface area contributed by atoms with Gasteiger partial charge in [0.1, 0.15) is 0 Å². The second kappa shape index (κ2) is 10.5. The predicted molar refractivity (Wildman–Crippen MR) is 112 cm³/mol. The van der Waals surface area contributed by atoms with Crippen molar-refractivity contribution in [2.45, 2.75) is 6.42 Å². The average Bonchev–Trinajstić information content (AvgIpc) is 2.62. The van der Waals surface area contributed by atoms with E-state index in [4.69, 9.17) is 0 Å². The molecule has 126 valence electrons. The summed E-state index contributed by atoms with van der Waals surface area (Å²) in [7, 11) is 0. The molecule has 2 nitrogen and oxygen atoms in total. The maximum absolute atomic E-state index is 4.64. The van der Waals surface area contributed by atoms with E-state index in [0.29, 0.717) is 17.8 Å². The lowest BCUT2D eigenvalue weighted by atomic mass is 10.1. The molecule has 0 aromatic carbocycles. The molecule has 0 fully saturated rings. The van der Waals surface area contributed by atoms with E-state index >= 15 is 0 Å². The van der Waals surface area contributed by atoms with Crippen LogP contribution in [0.3, 0.4) is 0 Å². The Labute approximate surface area is 151 Å². The first kappa shape index (κ1) is 19.8. The van der Waals surface area contributed by atoms with Gasteiger partial charge in [0.15, 0.2) is 0 Å². The van der Waals surface area contributed by atoms with Crippen molar-refractivity contribution in [2.75, 3.05) is 0 Å². The van der Waals surface area contributed by atoms with Gasteiger partial charge in [0, 0.05) is 17.8 Å². The summed E-state index contributed by atoms with van der Waals surface area (Å²) < 4.78 is 0. The lowest BCUT2D eigenvalue weighted by molar-refractivity contribution is 1.03. The van der Waals surface area contributed by atoms with Crippen LogP contribution in [0.1, 0.15) is 11.4 Å². The molecule has 2 heteroatoms. The van der Waals surface area contributed by atoms with Crippen molar-refractivity contribution >= 4 is 11.3 Å². The third-order valence-electron chi connectivity index (χ3n) is 3.29. The highest BCUT2D eigenvalue weighted by atomic mass is 14.8. The minimum atomic E-state index is 0.530. The van der Waals surface area contributed by atoms with Crippen LogP contribution in [0.4, 0.5) is 0 Å². The molecule has 0 saturated carbocycles. The van der Waals surface area contributed by atoms with Crippen molar-refractivity contribution < 1.29 is 0 Å². The maximum atomic E-state index is 4.64. The lowest BCUT2D eigenvalue weighted by Gasteiger charge is -2.07. The third-order valence-corrected chi connectivity index (χ3v) is 3.29. The molecule has 1 heterocycles. The summed E-state index contributed by atoms with van der Waals surface area (Å²) in [6, 6.07) is 5.83. The van der Waals surface area contributed by atoms with Gasteiger partial charge in [0.2, 0.25) is 0 Å². The van der Waals surface area contributed by atoms with Gasteiger partial charge >= 0.3 is 0 Å². The summed E-state index contributed by atoms with van der Waals surface area (Å²) in [5, 5.41) is 0. The Morgan fingerprint density at radius 1 is 0.960 bits per heavy atom. The Balaban J connectivity index is 3.08. The van der Waals surface area contributed by atoms with Crippen molar-refractivity contribution in [3.05, 3.63) is 123 Å². The molecule has 0 aliphatic rings. The molecule has 0 atom stereocenters. The number of allylic oxidation sites excluding steroid dienone is 10.